The molecule has 1 heterocycles. The summed E-state index contributed by atoms with van der Waals surface area (Å²) in [6.45, 7) is 5.59. The van der Waals surface area contributed by atoms with Gasteiger partial charge < -0.3 is 14.4 Å². The summed E-state index contributed by atoms with van der Waals surface area (Å²) in [5.41, 5.74) is 1.98. The minimum Gasteiger partial charge on any atom is -0.493 e. The average Bonchev–Trinajstić information content (AvgIpc) is 2.69. The van der Waals surface area contributed by atoms with E-state index in [0.717, 1.165) is 43.7 Å². The SMILES string of the molecule is CCCN(C)C(=O)C1CN(Cc2ccc(OCc3ccc(Cl)cc3Cl)c(OC)c2)C1. The van der Waals surface area contributed by atoms with Gasteiger partial charge in [-0.3, -0.25) is 9.69 Å². The van der Waals surface area contributed by atoms with E-state index in [1.165, 1.54) is 0 Å². The molecule has 0 bridgehead atoms. The number of hydrogen-bond donors (Lipinski definition) is 0. The number of halogens is 2. The first-order valence-electron chi connectivity index (χ1n) is 10.1. The average molecular weight is 451 g/mol. The van der Waals surface area contributed by atoms with Crippen LogP contribution >= 0.6 is 23.2 Å². The Labute approximate surface area is 188 Å². The number of carbonyl (C=O) groups excluding carboxylic acids is 1. The topological polar surface area (TPSA) is 42.0 Å². The van der Waals surface area contributed by atoms with Crippen molar-refractivity contribution >= 4 is 29.1 Å². The normalized spacial score (nSPS) is 14.3. The zero-order valence-electron chi connectivity index (χ0n) is 17.7. The monoisotopic (exact) mass is 450 g/mol. The summed E-state index contributed by atoms with van der Waals surface area (Å²) in [7, 11) is 3.51. The van der Waals surface area contributed by atoms with Crippen LogP contribution in [-0.4, -0.2) is 49.5 Å². The zero-order valence-corrected chi connectivity index (χ0v) is 19.2. The fourth-order valence-electron chi connectivity index (χ4n) is 3.59. The van der Waals surface area contributed by atoms with Gasteiger partial charge in [-0.05, 0) is 36.2 Å². The fourth-order valence-corrected chi connectivity index (χ4v) is 4.06. The van der Waals surface area contributed by atoms with Crippen molar-refractivity contribution in [1.29, 1.82) is 0 Å². The molecule has 1 aliphatic heterocycles. The molecule has 5 nitrogen and oxygen atoms in total. The second kappa shape index (κ2) is 10.4. The highest BCUT2D eigenvalue weighted by atomic mass is 35.5. The molecule has 3 rings (SSSR count). The van der Waals surface area contributed by atoms with Gasteiger partial charge in [-0.2, -0.15) is 0 Å². The highest BCUT2D eigenvalue weighted by molar-refractivity contribution is 6.35. The van der Waals surface area contributed by atoms with E-state index in [4.69, 9.17) is 32.7 Å². The second-order valence-corrected chi connectivity index (χ2v) is 8.50. The Balaban J connectivity index is 1.55. The molecule has 7 heteroatoms. The van der Waals surface area contributed by atoms with Gasteiger partial charge in [0.2, 0.25) is 5.91 Å². The molecule has 1 fully saturated rings. The molecule has 0 saturated carbocycles. The van der Waals surface area contributed by atoms with Gasteiger partial charge in [-0.1, -0.05) is 42.3 Å². The third kappa shape index (κ3) is 5.60. The van der Waals surface area contributed by atoms with Crippen LogP contribution in [-0.2, 0) is 17.9 Å². The summed E-state index contributed by atoms with van der Waals surface area (Å²) in [4.78, 5) is 16.4. The minimum atomic E-state index is 0.107. The van der Waals surface area contributed by atoms with E-state index in [-0.39, 0.29) is 11.8 Å². The Morgan fingerprint density at radius 2 is 1.93 bits per heavy atom. The van der Waals surface area contributed by atoms with Gasteiger partial charge in [0.05, 0.1) is 13.0 Å². The van der Waals surface area contributed by atoms with Crippen LogP contribution in [0, 0.1) is 5.92 Å². The van der Waals surface area contributed by atoms with Crippen molar-refractivity contribution < 1.29 is 14.3 Å². The molecule has 0 unspecified atom stereocenters. The van der Waals surface area contributed by atoms with Gasteiger partial charge >= 0.3 is 0 Å². The minimum absolute atomic E-state index is 0.107. The third-order valence-electron chi connectivity index (χ3n) is 5.27. The number of amides is 1. The molecule has 0 aliphatic carbocycles. The standard InChI is InChI=1S/C23H28Cl2N2O3/c1-4-9-26(2)23(28)18-13-27(14-18)12-16-5-8-21(22(10-16)29-3)30-15-17-6-7-19(24)11-20(17)25/h5-8,10-11,18H,4,9,12-15H2,1-3H3. The molecular weight excluding hydrogens is 423 g/mol. The Bertz CT molecular complexity index is 885. The lowest BCUT2D eigenvalue weighted by Gasteiger charge is -2.40. The smallest absolute Gasteiger partial charge is 0.228 e. The molecule has 162 valence electrons. The van der Waals surface area contributed by atoms with E-state index in [9.17, 15) is 4.79 Å². The van der Waals surface area contributed by atoms with Gasteiger partial charge in [0.15, 0.2) is 11.5 Å². The molecule has 0 spiro atoms. The van der Waals surface area contributed by atoms with E-state index in [2.05, 4.69) is 11.8 Å². The number of likely N-dealkylation sites (tertiary alicyclic amines) is 1. The maximum atomic E-state index is 12.3. The first-order chi connectivity index (χ1) is 14.4. The van der Waals surface area contributed by atoms with Crippen molar-refractivity contribution in [2.75, 3.05) is 33.8 Å². The first-order valence-corrected chi connectivity index (χ1v) is 10.9. The first kappa shape index (κ1) is 22.7. The van der Waals surface area contributed by atoms with Crippen LogP contribution in [0.2, 0.25) is 10.0 Å². The summed E-state index contributed by atoms with van der Waals surface area (Å²) < 4.78 is 11.4. The van der Waals surface area contributed by atoms with Crippen molar-refractivity contribution in [3.8, 4) is 11.5 Å². The quantitative estimate of drug-likeness (QED) is 0.545. The summed E-state index contributed by atoms with van der Waals surface area (Å²) in [5.74, 6) is 1.68. The van der Waals surface area contributed by atoms with Crippen LogP contribution in [0.3, 0.4) is 0 Å². The Kier molecular flexibility index (Phi) is 7.87. The molecule has 0 atom stereocenters. The van der Waals surface area contributed by atoms with Crippen LogP contribution in [0.1, 0.15) is 24.5 Å². The van der Waals surface area contributed by atoms with Crippen molar-refractivity contribution in [2.24, 2.45) is 5.92 Å². The lowest BCUT2D eigenvalue weighted by Crippen LogP contribution is -2.53. The van der Waals surface area contributed by atoms with E-state index in [0.29, 0.717) is 28.2 Å². The largest absolute Gasteiger partial charge is 0.493 e. The van der Waals surface area contributed by atoms with Gasteiger partial charge in [-0.25, -0.2) is 0 Å². The van der Waals surface area contributed by atoms with Gasteiger partial charge in [0, 0.05) is 48.8 Å². The summed E-state index contributed by atoms with van der Waals surface area (Å²) >= 11 is 12.2. The van der Waals surface area contributed by atoms with Gasteiger partial charge in [-0.15, -0.1) is 0 Å². The van der Waals surface area contributed by atoms with Gasteiger partial charge in [0.25, 0.3) is 0 Å². The lowest BCUT2D eigenvalue weighted by molar-refractivity contribution is -0.140. The number of nitrogens with zero attached hydrogens (tertiary/aromatic N) is 2. The molecular formula is C23H28Cl2N2O3. The fraction of sp³-hybridized carbons (Fsp3) is 0.435. The Hall–Kier alpha value is -1.95. The summed E-state index contributed by atoms with van der Waals surface area (Å²) in [5, 5.41) is 1.17. The third-order valence-corrected chi connectivity index (χ3v) is 5.86. The predicted octanol–water partition coefficient (Wildman–Crippen LogP) is 4.88. The molecule has 1 amide bonds. The number of rotatable bonds is 9. The zero-order chi connectivity index (χ0) is 21.7. The maximum Gasteiger partial charge on any atom is 0.228 e. The van der Waals surface area contributed by atoms with E-state index in [1.54, 1.807) is 19.2 Å². The van der Waals surface area contributed by atoms with Crippen molar-refractivity contribution in [1.82, 2.24) is 9.80 Å². The van der Waals surface area contributed by atoms with Crippen molar-refractivity contribution in [3.63, 3.8) is 0 Å². The van der Waals surface area contributed by atoms with Crippen LogP contribution in [0.15, 0.2) is 36.4 Å². The molecule has 2 aromatic rings. The molecule has 1 saturated heterocycles. The number of ether oxygens (including phenoxy) is 2. The summed E-state index contributed by atoms with van der Waals surface area (Å²) in [6.07, 6.45) is 0.983. The van der Waals surface area contributed by atoms with Crippen LogP contribution in [0.25, 0.3) is 0 Å². The number of carbonyl (C=O) groups is 1. The Morgan fingerprint density at radius 1 is 1.17 bits per heavy atom. The van der Waals surface area contributed by atoms with Crippen molar-refractivity contribution in [3.05, 3.63) is 57.6 Å². The van der Waals surface area contributed by atoms with E-state index < -0.39 is 0 Å². The van der Waals surface area contributed by atoms with Crippen LogP contribution < -0.4 is 9.47 Å². The lowest BCUT2D eigenvalue weighted by atomic mass is 9.97. The second-order valence-electron chi connectivity index (χ2n) is 7.66. The molecule has 0 N–H and O–H groups in total. The van der Waals surface area contributed by atoms with Gasteiger partial charge in [0.1, 0.15) is 6.61 Å². The number of hydrogen-bond acceptors (Lipinski definition) is 4. The number of benzene rings is 2. The highest BCUT2D eigenvalue weighted by Gasteiger charge is 2.34. The Morgan fingerprint density at radius 3 is 2.60 bits per heavy atom. The molecule has 0 aromatic heterocycles. The molecule has 2 aromatic carbocycles. The molecule has 1 aliphatic rings. The highest BCUT2D eigenvalue weighted by Crippen LogP contribution is 2.31. The van der Waals surface area contributed by atoms with Crippen molar-refractivity contribution in [2.45, 2.75) is 26.5 Å². The molecule has 0 radical (unpaired) electrons. The number of methoxy groups -OCH3 is 1. The van der Waals surface area contributed by atoms with E-state index in [1.807, 2.05) is 36.2 Å². The predicted molar refractivity (Wildman–Crippen MR) is 120 cm³/mol. The maximum absolute atomic E-state index is 12.3. The van der Waals surface area contributed by atoms with Crippen LogP contribution in [0.5, 0.6) is 11.5 Å². The summed E-state index contributed by atoms with van der Waals surface area (Å²) in [6, 6.07) is 11.3. The van der Waals surface area contributed by atoms with E-state index >= 15 is 0 Å². The van der Waals surface area contributed by atoms with Crippen LogP contribution in [0.4, 0.5) is 0 Å². The molecule has 30 heavy (non-hydrogen) atoms.